The minimum atomic E-state index is 0.680. The van der Waals surface area contributed by atoms with Gasteiger partial charge in [-0.25, -0.2) is 4.98 Å². The monoisotopic (exact) mass is 219 g/mol. The summed E-state index contributed by atoms with van der Waals surface area (Å²) >= 11 is 0. The highest BCUT2D eigenvalue weighted by molar-refractivity contribution is 5.20. The Hall–Kier alpha value is -0.830. The lowest BCUT2D eigenvalue weighted by Crippen LogP contribution is -2.28. The second kappa shape index (κ2) is 4.21. The van der Waals surface area contributed by atoms with Crippen molar-refractivity contribution in [3.63, 3.8) is 0 Å². The molecule has 1 atom stereocenters. The zero-order chi connectivity index (χ0) is 11.0. The van der Waals surface area contributed by atoms with Crippen LogP contribution in [-0.4, -0.2) is 22.1 Å². The standard InChI is InChI=1S/C13H21N3/c1-10-15-12-6-2-3-7-13(12)16(10)9-11-5-4-8-14-11/h11,14H,2-9H2,1H3. The lowest BCUT2D eigenvalue weighted by Gasteiger charge is -2.18. The fourth-order valence-corrected chi connectivity index (χ4v) is 3.11. The molecule has 88 valence electrons. The van der Waals surface area contributed by atoms with E-state index < -0.39 is 0 Å². The Labute approximate surface area is 97.3 Å². The first-order valence-corrected chi connectivity index (χ1v) is 6.63. The van der Waals surface area contributed by atoms with Gasteiger partial charge < -0.3 is 9.88 Å². The molecule has 16 heavy (non-hydrogen) atoms. The van der Waals surface area contributed by atoms with Gasteiger partial charge in [0, 0.05) is 18.3 Å². The van der Waals surface area contributed by atoms with Crippen LogP contribution in [0, 0.1) is 6.92 Å². The molecule has 1 aromatic heterocycles. The largest absolute Gasteiger partial charge is 0.330 e. The van der Waals surface area contributed by atoms with Gasteiger partial charge >= 0.3 is 0 Å². The highest BCUT2D eigenvalue weighted by atomic mass is 15.1. The Morgan fingerprint density at radius 2 is 2.19 bits per heavy atom. The highest BCUT2D eigenvalue weighted by Crippen LogP contribution is 2.23. The molecule has 0 saturated carbocycles. The third-order valence-electron chi connectivity index (χ3n) is 3.99. The molecular weight excluding hydrogens is 198 g/mol. The lowest BCUT2D eigenvalue weighted by atomic mass is 10.0. The summed E-state index contributed by atoms with van der Waals surface area (Å²) in [6.07, 6.45) is 7.76. The van der Waals surface area contributed by atoms with E-state index in [4.69, 9.17) is 4.98 Å². The molecule has 1 aromatic rings. The van der Waals surface area contributed by atoms with Crippen LogP contribution in [0.1, 0.15) is 42.9 Å². The van der Waals surface area contributed by atoms with Gasteiger partial charge in [-0.05, 0) is 52.0 Å². The Bertz CT molecular complexity index is 375. The molecule has 2 heterocycles. The zero-order valence-corrected chi connectivity index (χ0v) is 10.1. The number of rotatable bonds is 2. The fraction of sp³-hybridized carbons (Fsp3) is 0.769. The maximum atomic E-state index is 4.73. The lowest BCUT2D eigenvalue weighted by molar-refractivity contribution is 0.484. The van der Waals surface area contributed by atoms with E-state index in [1.807, 2.05) is 0 Å². The predicted molar refractivity (Wildman–Crippen MR) is 64.6 cm³/mol. The van der Waals surface area contributed by atoms with Crippen molar-refractivity contribution in [2.45, 2.75) is 58.0 Å². The molecule has 2 aliphatic rings. The van der Waals surface area contributed by atoms with Crippen LogP contribution >= 0.6 is 0 Å². The first kappa shape index (κ1) is 10.3. The Morgan fingerprint density at radius 3 is 3.00 bits per heavy atom. The molecule has 0 spiro atoms. The topological polar surface area (TPSA) is 29.9 Å². The molecule has 0 aromatic carbocycles. The van der Waals surface area contributed by atoms with Crippen LogP contribution in [0.2, 0.25) is 0 Å². The Kier molecular flexibility index (Phi) is 2.72. The van der Waals surface area contributed by atoms with E-state index in [1.165, 1.54) is 62.3 Å². The van der Waals surface area contributed by atoms with Gasteiger partial charge in [-0.3, -0.25) is 0 Å². The molecule has 1 fully saturated rings. The molecule has 1 saturated heterocycles. The zero-order valence-electron chi connectivity index (χ0n) is 10.1. The summed E-state index contributed by atoms with van der Waals surface area (Å²) in [6.45, 7) is 4.49. The third kappa shape index (κ3) is 1.77. The van der Waals surface area contributed by atoms with Crippen molar-refractivity contribution in [2.24, 2.45) is 0 Å². The van der Waals surface area contributed by atoms with Gasteiger partial charge in [0.25, 0.3) is 0 Å². The SMILES string of the molecule is Cc1nc2c(n1CC1CCCN1)CCCC2. The molecule has 3 rings (SSSR count). The van der Waals surface area contributed by atoms with Crippen LogP contribution in [0.5, 0.6) is 0 Å². The third-order valence-corrected chi connectivity index (χ3v) is 3.99. The van der Waals surface area contributed by atoms with Crippen LogP contribution in [-0.2, 0) is 19.4 Å². The number of aryl methyl sites for hydroxylation is 2. The summed E-state index contributed by atoms with van der Waals surface area (Å²) in [7, 11) is 0. The highest BCUT2D eigenvalue weighted by Gasteiger charge is 2.21. The van der Waals surface area contributed by atoms with Gasteiger partial charge in [-0.15, -0.1) is 0 Å². The van der Waals surface area contributed by atoms with E-state index in [-0.39, 0.29) is 0 Å². The summed E-state index contributed by atoms with van der Waals surface area (Å²) in [5.41, 5.74) is 2.90. The molecule has 3 nitrogen and oxygen atoms in total. The Morgan fingerprint density at radius 1 is 1.31 bits per heavy atom. The van der Waals surface area contributed by atoms with Crippen molar-refractivity contribution in [1.29, 1.82) is 0 Å². The van der Waals surface area contributed by atoms with Crippen molar-refractivity contribution in [3.05, 3.63) is 17.2 Å². The normalized spacial score (nSPS) is 24.7. The van der Waals surface area contributed by atoms with Crippen LogP contribution in [0.25, 0.3) is 0 Å². The molecule has 3 heteroatoms. The number of nitrogens with zero attached hydrogens (tertiary/aromatic N) is 2. The van der Waals surface area contributed by atoms with Crippen LogP contribution < -0.4 is 5.32 Å². The van der Waals surface area contributed by atoms with Gasteiger partial charge in [-0.2, -0.15) is 0 Å². The minimum absolute atomic E-state index is 0.680. The molecule has 1 unspecified atom stereocenters. The summed E-state index contributed by atoms with van der Waals surface area (Å²) in [5.74, 6) is 1.22. The number of hydrogen-bond donors (Lipinski definition) is 1. The number of aromatic nitrogens is 2. The molecule has 1 aliphatic heterocycles. The average molecular weight is 219 g/mol. The van der Waals surface area contributed by atoms with Gasteiger partial charge in [-0.1, -0.05) is 0 Å². The number of fused-ring (bicyclic) bond motifs is 1. The van der Waals surface area contributed by atoms with Crippen LogP contribution in [0.3, 0.4) is 0 Å². The van der Waals surface area contributed by atoms with Crippen molar-refractivity contribution >= 4 is 0 Å². The first-order chi connectivity index (χ1) is 7.84. The van der Waals surface area contributed by atoms with Gasteiger partial charge in [0.15, 0.2) is 0 Å². The van der Waals surface area contributed by atoms with Gasteiger partial charge in [0.05, 0.1) is 5.69 Å². The molecule has 0 radical (unpaired) electrons. The van der Waals surface area contributed by atoms with Crippen molar-refractivity contribution in [1.82, 2.24) is 14.9 Å². The first-order valence-electron chi connectivity index (χ1n) is 6.63. The molecule has 0 bridgehead atoms. The van der Waals surface area contributed by atoms with E-state index in [1.54, 1.807) is 0 Å². The average Bonchev–Trinajstić information content (AvgIpc) is 2.89. The fourth-order valence-electron chi connectivity index (χ4n) is 3.11. The van der Waals surface area contributed by atoms with E-state index in [9.17, 15) is 0 Å². The van der Waals surface area contributed by atoms with E-state index >= 15 is 0 Å². The number of nitrogens with one attached hydrogen (secondary N) is 1. The smallest absolute Gasteiger partial charge is 0.106 e. The van der Waals surface area contributed by atoms with Crippen LogP contribution in [0.15, 0.2) is 0 Å². The molecule has 1 aliphatic carbocycles. The van der Waals surface area contributed by atoms with Crippen molar-refractivity contribution in [3.8, 4) is 0 Å². The maximum absolute atomic E-state index is 4.73. The molecular formula is C13H21N3. The van der Waals surface area contributed by atoms with E-state index in [2.05, 4.69) is 16.8 Å². The summed E-state index contributed by atoms with van der Waals surface area (Å²) in [4.78, 5) is 4.73. The summed E-state index contributed by atoms with van der Waals surface area (Å²) < 4.78 is 2.47. The number of hydrogen-bond acceptors (Lipinski definition) is 2. The molecule has 0 amide bonds. The van der Waals surface area contributed by atoms with E-state index in [0.29, 0.717) is 6.04 Å². The summed E-state index contributed by atoms with van der Waals surface area (Å²) in [6, 6.07) is 0.680. The minimum Gasteiger partial charge on any atom is -0.330 e. The molecule has 1 N–H and O–H groups in total. The van der Waals surface area contributed by atoms with Crippen molar-refractivity contribution < 1.29 is 0 Å². The second-order valence-electron chi connectivity index (χ2n) is 5.16. The van der Waals surface area contributed by atoms with Crippen LogP contribution in [0.4, 0.5) is 0 Å². The maximum Gasteiger partial charge on any atom is 0.106 e. The quantitative estimate of drug-likeness (QED) is 0.822. The second-order valence-corrected chi connectivity index (χ2v) is 5.16. The van der Waals surface area contributed by atoms with Gasteiger partial charge in [0.1, 0.15) is 5.82 Å². The Balaban J connectivity index is 1.84. The predicted octanol–water partition coefficient (Wildman–Crippen LogP) is 1.82. The van der Waals surface area contributed by atoms with Crippen molar-refractivity contribution in [2.75, 3.05) is 6.54 Å². The van der Waals surface area contributed by atoms with E-state index in [0.717, 1.165) is 6.54 Å². The number of imidazole rings is 1. The summed E-state index contributed by atoms with van der Waals surface area (Å²) in [5, 5.41) is 3.58. The van der Waals surface area contributed by atoms with Gasteiger partial charge in [0.2, 0.25) is 0 Å².